The molecule has 2 aromatic rings. The van der Waals surface area contributed by atoms with Gasteiger partial charge in [-0.25, -0.2) is 4.39 Å². The van der Waals surface area contributed by atoms with Crippen molar-refractivity contribution in [2.75, 3.05) is 0 Å². The van der Waals surface area contributed by atoms with Crippen LogP contribution in [0.1, 0.15) is 35.7 Å². The maximum atomic E-state index is 12.9. The zero-order valence-electron chi connectivity index (χ0n) is 12.6. The fraction of sp³-hybridized carbons (Fsp3) is 0.222. The number of carbonyl (C=O) groups excluding carboxylic acids is 2. The van der Waals surface area contributed by atoms with Crippen molar-refractivity contribution >= 4 is 27.5 Å². The Hall–Kier alpha value is -2.01. The van der Waals surface area contributed by atoms with E-state index < -0.39 is 0 Å². The third-order valence-corrected chi connectivity index (χ3v) is 3.75. The summed E-state index contributed by atoms with van der Waals surface area (Å²) in [7, 11) is 0. The molecule has 0 heterocycles. The SMILES string of the molecule is CC(=O)CCC(=O)c1cc(Br)ccc1OCc1ccc(F)cc1. The van der Waals surface area contributed by atoms with Gasteiger partial charge in [-0.2, -0.15) is 0 Å². The lowest BCUT2D eigenvalue weighted by molar-refractivity contribution is -0.116. The molecule has 0 saturated carbocycles. The van der Waals surface area contributed by atoms with Crippen LogP contribution in [0.2, 0.25) is 0 Å². The van der Waals surface area contributed by atoms with Crippen molar-refractivity contribution in [1.29, 1.82) is 0 Å². The first-order valence-electron chi connectivity index (χ1n) is 7.15. The highest BCUT2D eigenvalue weighted by molar-refractivity contribution is 9.10. The third kappa shape index (κ3) is 5.28. The van der Waals surface area contributed by atoms with Gasteiger partial charge in [-0.3, -0.25) is 4.79 Å². The van der Waals surface area contributed by atoms with Gasteiger partial charge in [0, 0.05) is 17.3 Å². The molecule has 0 aliphatic heterocycles. The predicted molar refractivity (Wildman–Crippen MR) is 89.1 cm³/mol. The van der Waals surface area contributed by atoms with Crippen molar-refractivity contribution in [1.82, 2.24) is 0 Å². The van der Waals surface area contributed by atoms with Gasteiger partial charge in [0.05, 0.1) is 5.56 Å². The maximum Gasteiger partial charge on any atom is 0.167 e. The second-order valence-corrected chi connectivity index (χ2v) is 6.10. The van der Waals surface area contributed by atoms with E-state index in [1.165, 1.54) is 19.1 Å². The molecular weight excluding hydrogens is 363 g/mol. The smallest absolute Gasteiger partial charge is 0.167 e. The molecule has 0 unspecified atom stereocenters. The summed E-state index contributed by atoms with van der Waals surface area (Å²) in [6.07, 6.45) is 0.363. The van der Waals surface area contributed by atoms with Crippen molar-refractivity contribution in [3.8, 4) is 5.75 Å². The average molecular weight is 379 g/mol. The van der Waals surface area contributed by atoms with E-state index in [1.54, 1.807) is 30.3 Å². The standard InChI is InChI=1S/C18H16BrFO3/c1-12(21)2-8-17(22)16-10-14(19)5-9-18(16)23-11-13-3-6-15(20)7-4-13/h3-7,9-10H,2,8,11H2,1H3. The van der Waals surface area contributed by atoms with Gasteiger partial charge in [0.15, 0.2) is 5.78 Å². The molecule has 0 aliphatic carbocycles. The monoisotopic (exact) mass is 378 g/mol. The number of ether oxygens (including phenoxy) is 1. The van der Waals surface area contributed by atoms with E-state index in [1.807, 2.05) is 0 Å². The molecule has 23 heavy (non-hydrogen) atoms. The second-order valence-electron chi connectivity index (χ2n) is 5.18. The van der Waals surface area contributed by atoms with Gasteiger partial charge in [0.2, 0.25) is 0 Å². The largest absolute Gasteiger partial charge is 0.488 e. The summed E-state index contributed by atoms with van der Waals surface area (Å²) in [5.41, 5.74) is 1.24. The first-order chi connectivity index (χ1) is 11.0. The Balaban J connectivity index is 2.12. The Morgan fingerprint density at radius 2 is 1.78 bits per heavy atom. The molecule has 0 amide bonds. The normalized spacial score (nSPS) is 10.4. The van der Waals surface area contributed by atoms with Gasteiger partial charge in [-0.1, -0.05) is 28.1 Å². The summed E-state index contributed by atoms with van der Waals surface area (Å²) in [6.45, 7) is 1.69. The van der Waals surface area contributed by atoms with E-state index in [-0.39, 0.29) is 36.8 Å². The van der Waals surface area contributed by atoms with Crippen molar-refractivity contribution in [3.63, 3.8) is 0 Å². The minimum atomic E-state index is -0.308. The van der Waals surface area contributed by atoms with Crippen molar-refractivity contribution < 1.29 is 18.7 Å². The van der Waals surface area contributed by atoms with E-state index in [0.29, 0.717) is 11.3 Å². The molecule has 0 bridgehead atoms. The highest BCUT2D eigenvalue weighted by Gasteiger charge is 2.14. The van der Waals surface area contributed by atoms with E-state index in [9.17, 15) is 14.0 Å². The molecule has 0 aromatic heterocycles. The van der Waals surface area contributed by atoms with Crippen molar-refractivity contribution in [2.24, 2.45) is 0 Å². The number of hydrogen-bond acceptors (Lipinski definition) is 3. The van der Waals surface area contributed by atoms with E-state index >= 15 is 0 Å². The summed E-state index contributed by atoms with van der Waals surface area (Å²) in [5.74, 6) is -0.0266. The summed E-state index contributed by atoms with van der Waals surface area (Å²) in [4.78, 5) is 23.3. The number of hydrogen-bond donors (Lipinski definition) is 0. The Kier molecular flexibility index (Phi) is 6.04. The highest BCUT2D eigenvalue weighted by Crippen LogP contribution is 2.26. The minimum Gasteiger partial charge on any atom is -0.488 e. The van der Waals surface area contributed by atoms with Crippen LogP contribution in [0.15, 0.2) is 46.9 Å². The highest BCUT2D eigenvalue weighted by atomic mass is 79.9. The van der Waals surface area contributed by atoms with Gasteiger partial charge in [0.25, 0.3) is 0 Å². The topological polar surface area (TPSA) is 43.4 Å². The molecule has 5 heteroatoms. The Morgan fingerprint density at radius 3 is 2.43 bits per heavy atom. The van der Waals surface area contributed by atoms with Crippen LogP contribution < -0.4 is 4.74 Å². The number of halogens is 2. The summed E-state index contributed by atoms with van der Waals surface area (Å²) >= 11 is 3.33. The van der Waals surface area contributed by atoms with Crippen LogP contribution in [-0.2, 0) is 11.4 Å². The molecule has 0 saturated heterocycles. The van der Waals surface area contributed by atoms with E-state index in [2.05, 4.69) is 15.9 Å². The fourth-order valence-corrected chi connectivity index (χ4v) is 2.37. The molecule has 2 rings (SSSR count). The van der Waals surface area contributed by atoms with Crippen LogP contribution in [0, 0.1) is 5.82 Å². The van der Waals surface area contributed by atoms with Crippen LogP contribution in [0.5, 0.6) is 5.75 Å². The summed E-state index contributed by atoms with van der Waals surface area (Å²) in [6, 6.07) is 11.1. The van der Waals surface area contributed by atoms with Gasteiger partial charge in [0.1, 0.15) is 24.0 Å². The Morgan fingerprint density at radius 1 is 1.09 bits per heavy atom. The van der Waals surface area contributed by atoms with Gasteiger partial charge < -0.3 is 9.53 Å². The second kappa shape index (κ2) is 8.02. The van der Waals surface area contributed by atoms with Crippen molar-refractivity contribution in [2.45, 2.75) is 26.4 Å². The summed E-state index contributed by atoms with van der Waals surface area (Å²) < 4.78 is 19.4. The molecule has 0 fully saturated rings. The number of benzene rings is 2. The Labute approximate surface area is 142 Å². The van der Waals surface area contributed by atoms with E-state index in [0.717, 1.165) is 10.0 Å². The number of rotatable bonds is 7. The van der Waals surface area contributed by atoms with E-state index in [4.69, 9.17) is 4.74 Å². The quantitative estimate of drug-likeness (QED) is 0.654. The average Bonchev–Trinajstić information content (AvgIpc) is 2.53. The van der Waals surface area contributed by atoms with Crippen molar-refractivity contribution in [3.05, 3.63) is 63.9 Å². The minimum absolute atomic E-state index is 0.0258. The lowest BCUT2D eigenvalue weighted by Crippen LogP contribution is -2.06. The van der Waals surface area contributed by atoms with Gasteiger partial charge >= 0.3 is 0 Å². The Bertz CT molecular complexity index is 711. The zero-order chi connectivity index (χ0) is 16.8. The summed E-state index contributed by atoms with van der Waals surface area (Å²) in [5, 5.41) is 0. The van der Waals surface area contributed by atoms with Crippen LogP contribution in [0.3, 0.4) is 0 Å². The molecular formula is C18H16BrFO3. The molecule has 3 nitrogen and oxygen atoms in total. The lowest BCUT2D eigenvalue weighted by Gasteiger charge is -2.11. The van der Waals surface area contributed by atoms with Gasteiger partial charge in [-0.05, 0) is 42.8 Å². The van der Waals surface area contributed by atoms with Crippen LogP contribution in [0.25, 0.3) is 0 Å². The lowest BCUT2D eigenvalue weighted by atomic mass is 10.0. The van der Waals surface area contributed by atoms with Crippen LogP contribution in [-0.4, -0.2) is 11.6 Å². The number of Topliss-reactive ketones (excluding diaryl/α,β-unsaturated/α-hetero) is 2. The molecule has 0 N–H and O–H groups in total. The van der Waals surface area contributed by atoms with Crippen LogP contribution in [0.4, 0.5) is 4.39 Å². The first kappa shape index (κ1) is 17.3. The molecule has 0 radical (unpaired) electrons. The predicted octanol–water partition coefficient (Wildman–Crippen LogP) is 4.72. The molecule has 120 valence electrons. The molecule has 0 aliphatic rings. The number of carbonyl (C=O) groups is 2. The number of ketones is 2. The maximum absolute atomic E-state index is 12.9. The molecule has 0 spiro atoms. The fourth-order valence-electron chi connectivity index (χ4n) is 2.01. The van der Waals surface area contributed by atoms with Gasteiger partial charge in [-0.15, -0.1) is 0 Å². The first-order valence-corrected chi connectivity index (χ1v) is 7.94. The van der Waals surface area contributed by atoms with Crippen LogP contribution >= 0.6 is 15.9 Å². The zero-order valence-corrected chi connectivity index (χ0v) is 14.2. The third-order valence-electron chi connectivity index (χ3n) is 3.25. The molecule has 0 atom stereocenters. The molecule has 2 aromatic carbocycles.